The van der Waals surface area contributed by atoms with Crippen LogP contribution in [0, 0.1) is 11.3 Å². The van der Waals surface area contributed by atoms with E-state index in [-0.39, 0.29) is 32.8 Å². The van der Waals surface area contributed by atoms with Crippen molar-refractivity contribution in [3.05, 3.63) is 0 Å². The molecule has 0 radical (unpaired) electrons. The van der Waals surface area contributed by atoms with Crippen LogP contribution in [0.3, 0.4) is 0 Å². The van der Waals surface area contributed by atoms with E-state index in [2.05, 4.69) is 5.32 Å². The maximum Gasteiger partial charge on any atom is 0.328 e. The van der Waals surface area contributed by atoms with Gasteiger partial charge in [-0.3, -0.25) is 9.69 Å². The number of hydrogen-bond acceptors (Lipinski definition) is 5. The quantitative estimate of drug-likeness (QED) is 0.586. The Morgan fingerprint density at radius 3 is 2.90 bits per heavy atom. The molecule has 2 unspecified atom stereocenters. The molecular weight excluding hydrogens is 268 g/mol. The Balaban J connectivity index is 2.10. The van der Waals surface area contributed by atoms with Gasteiger partial charge in [0.2, 0.25) is 5.91 Å². The molecule has 2 heterocycles. The molecule has 0 bridgehead atoms. The number of carboxylic acids is 1. The number of rotatable bonds is 1. The normalized spacial score (nSPS) is 26.6. The molecule has 0 aliphatic carbocycles. The highest BCUT2D eigenvalue weighted by Crippen LogP contribution is 2.12. The van der Waals surface area contributed by atoms with E-state index in [1.807, 2.05) is 6.07 Å². The monoisotopic (exact) mass is 282 g/mol. The number of nitrogens with one attached hydrogen (secondary N) is 1. The van der Waals surface area contributed by atoms with Crippen molar-refractivity contribution in [1.82, 2.24) is 15.1 Å². The summed E-state index contributed by atoms with van der Waals surface area (Å²) >= 11 is 0. The number of piperazine rings is 1. The highest BCUT2D eigenvalue weighted by Gasteiger charge is 2.38. The van der Waals surface area contributed by atoms with Gasteiger partial charge in [-0.15, -0.1) is 0 Å². The number of amides is 3. The fourth-order valence-electron chi connectivity index (χ4n) is 2.15. The average Bonchev–Trinajstić information content (AvgIpc) is 2.46. The smallest absolute Gasteiger partial charge is 0.328 e. The Morgan fingerprint density at radius 2 is 2.25 bits per heavy atom. The van der Waals surface area contributed by atoms with Gasteiger partial charge in [0.25, 0.3) is 0 Å². The van der Waals surface area contributed by atoms with Crippen LogP contribution in [0.25, 0.3) is 0 Å². The second-order valence-electron chi connectivity index (χ2n) is 4.50. The van der Waals surface area contributed by atoms with Crippen LogP contribution in [-0.4, -0.2) is 77.7 Å². The van der Waals surface area contributed by atoms with E-state index < -0.39 is 30.1 Å². The van der Waals surface area contributed by atoms with E-state index in [9.17, 15) is 14.4 Å². The molecule has 2 aliphatic rings. The summed E-state index contributed by atoms with van der Waals surface area (Å²) in [4.78, 5) is 37.2. The third-order valence-corrected chi connectivity index (χ3v) is 3.19. The van der Waals surface area contributed by atoms with Gasteiger partial charge in [-0.05, 0) is 0 Å². The van der Waals surface area contributed by atoms with Gasteiger partial charge in [0, 0.05) is 13.1 Å². The third-order valence-electron chi connectivity index (χ3n) is 3.19. The predicted molar refractivity (Wildman–Crippen MR) is 63.5 cm³/mol. The summed E-state index contributed by atoms with van der Waals surface area (Å²) < 4.78 is 5.12. The first-order valence-corrected chi connectivity index (χ1v) is 6.09. The van der Waals surface area contributed by atoms with Gasteiger partial charge in [0.05, 0.1) is 19.2 Å². The summed E-state index contributed by atoms with van der Waals surface area (Å²) in [5, 5.41) is 20.3. The Hall–Kier alpha value is -2.34. The van der Waals surface area contributed by atoms with Crippen molar-refractivity contribution in [3.8, 4) is 6.07 Å². The molecule has 0 saturated carbocycles. The van der Waals surface area contributed by atoms with Crippen LogP contribution >= 0.6 is 0 Å². The lowest BCUT2D eigenvalue weighted by Crippen LogP contribution is -2.63. The van der Waals surface area contributed by atoms with E-state index in [0.717, 1.165) is 4.90 Å². The van der Waals surface area contributed by atoms with Gasteiger partial charge >= 0.3 is 12.0 Å². The molecule has 0 aromatic rings. The zero-order valence-electron chi connectivity index (χ0n) is 10.6. The van der Waals surface area contributed by atoms with Crippen molar-refractivity contribution >= 4 is 17.9 Å². The van der Waals surface area contributed by atoms with Gasteiger partial charge < -0.3 is 20.1 Å². The van der Waals surface area contributed by atoms with Gasteiger partial charge in [-0.2, -0.15) is 5.26 Å². The van der Waals surface area contributed by atoms with Crippen molar-refractivity contribution in [2.45, 2.75) is 12.1 Å². The van der Waals surface area contributed by atoms with E-state index in [4.69, 9.17) is 15.1 Å². The number of nitriles is 1. The first-order chi connectivity index (χ1) is 9.52. The molecule has 9 nitrogen and oxygen atoms in total. The zero-order valence-corrected chi connectivity index (χ0v) is 10.6. The zero-order chi connectivity index (χ0) is 14.7. The number of nitrogens with zero attached hydrogens (tertiary/aromatic N) is 3. The number of ether oxygens (including phenoxy) is 1. The molecule has 2 N–H and O–H groups in total. The van der Waals surface area contributed by atoms with Crippen LogP contribution in [-0.2, 0) is 14.3 Å². The summed E-state index contributed by atoms with van der Waals surface area (Å²) in [6.07, 6.45) is -0.727. The van der Waals surface area contributed by atoms with Crippen molar-refractivity contribution in [2.24, 2.45) is 0 Å². The van der Waals surface area contributed by atoms with Crippen LogP contribution in [0.2, 0.25) is 0 Å². The molecule has 108 valence electrons. The third kappa shape index (κ3) is 2.80. The summed E-state index contributed by atoms with van der Waals surface area (Å²) in [5.41, 5.74) is 0. The molecule has 0 aromatic carbocycles. The molecule has 9 heteroatoms. The second-order valence-corrected chi connectivity index (χ2v) is 4.50. The van der Waals surface area contributed by atoms with Gasteiger partial charge in [-0.1, -0.05) is 0 Å². The molecule has 2 saturated heterocycles. The molecule has 0 spiro atoms. The minimum Gasteiger partial charge on any atom is -0.480 e. The van der Waals surface area contributed by atoms with E-state index in [1.165, 1.54) is 4.90 Å². The first-order valence-electron chi connectivity index (χ1n) is 6.09. The second kappa shape index (κ2) is 5.75. The molecule has 2 aliphatic heterocycles. The van der Waals surface area contributed by atoms with Crippen molar-refractivity contribution < 1.29 is 24.2 Å². The van der Waals surface area contributed by atoms with Crippen LogP contribution in [0.4, 0.5) is 4.79 Å². The van der Waals surface area contributed by atoms with Crippen molar-refractivity contribution in [2.75, 3.05) is 32.8 Å². The number of urea groups is 1. The molecule has 2 atom stereocenters. The van der Waals surface area contributed by atoms with Crippen LogP contribution in [0.1, 0.15) is 0 Å². The van der Waals surface area contributed by atoms with Crippen LogP contribution in [0.15, 0.2) is 0 Å². The fourth-order valence-corrected chi connectivity index (χ4v) is 2.15. The standard InChI is InChI=1S/C11H14N4O5/c12-3-7-5-14(1-2-20-7)11(19)15-6-9(16)13-4-8(15)10(17)18/h7-8H,1-2,4-6H2,(H,13,16)(H,17,18). The van der Waals surface area contributed by atoms with E-state index in [1.54, 1.807) is 0 Å². The van der Waals surface area contributed by atoms with Gasteiger partial charge in [-0.25, -0.2) is 9.59 Å². The van der Waals surface area contributed by atoms with Crippen molar-refractivity contribution in [1.29, 1.82) is 5.26 Å². The summed E-state index contributed by atoms with van der Waals surface area (Å²) in [6, 6.07) is 0.251. The average molecular weight is 282 g/mol. The fraction of sp³-hybridized carbons (Fsp3) is 0.636. The Labute approximate surface area is 114 Å². The number of morpholine rings is 1. The van der Waals surface area contributed by atoms with Crippen molar-refractivity contribution in [3.63, 3.8) is 0 Å². The Kier molecular flexibility index (Phi) is 4.05. The largest absolute Gasteiger partial charge is 0.480 e. The minimum atomic E-state index is -1.18. The summed E-state index contributed by atoms with van der Waals surface area (Å²) in [7, 11) is 0. The molecular formula is C11H14N4O5. The number of carbonyl (C=O) groups excluding carboxylic acids is 2. The Morgan fingerprint density at radius 1 is 1.50 bits per heavy atom. The molecule has 3 amide bonds. The molecule has 2 rings (SSSR count). The summed E-state index contributed by atoms with van der Waals surface area (Å²) in [6.45, 7) is 0.124. The lowest BCUT2D eigenvalue weighted by Gasteiger charge is -2.38. The minimum absolute atomic E-state index is 0.0692. The first kappa shape index (κ1) is 14.1. The highest BCUT2D eigenvalue weighted by atomic mass is 16.5. The number of carboxylic acid groups (broad SMARTS) is 1. The molecule has 0 aromatic heterocycles. The van der Waals surface area contributed by atoms with Gasteiger partial charge in [0.15, 0.2) is 6.10 Å². The van der Waals surface area contributed by atoms with E-state index in [0.29, 0.717) is 0 Å². The molecule has 2 fully saturated rings. The predicted octanol–water partition coefficient (Wildman–Crippen LogP) is -1.78. The Bertz CT molecular complexity index is 474. The highest BCUT2D eigenvalue weighted by molar-refractivity contribution is 5.90. The SMILES string of the molecule is N#CC1CN(C(=O)N2CC(=O)NCC2C(=O)O)CCO1. The maximum absolute atomic E-state index is 12.3. The van der Waals surface area contributed by atoms with E-state index >= 15 is 0 Å². The number of carbonyl (C=O) groups is 3. The lowest BCUT2D eigenvalue weighted by molar-refractivity contribution is -0.144. The number of aliphatic carboxylic acids is 1. The lowest BCUT2D eigenvalue weighted by atomic mass is 10.2. The van der Waals surface area contributed by atoms with Crippen LogP contribution in [0.5, 0.6) is 0 Å². The van der Waals surface area contributed by atoms with Crippen LogP contribution < -0.4 is 5.32 Å². The number of hydrogen-bond donors (Lipinski definition) is 2. The molecule has 20 heavy (non-hydrogen) atoms. The topological polar surface area (TPSA) is 123 Å². The van der Waals surface area contributed by atoms with Gasteiger partial charge in [0.1, 0.15) is 12.6 Å². The maximum atomic E-state index is 12.3. The summed E-state index contributed by atoms with van der Waals surface area (Å²) in [5.74, 6) is -1.58.